The Balaban J connectivity index is 1.25. The number of aromatic nitrogens is 5. The van der Waals surface area contributed by atoms with Crippen LogP contribution in [0, 0.1) is 5.95 Å². The molecule has 1 fully saturated rings. The first-order valence-corrected chi connectivity index (χ1v) is 14.3. The van der Waals surface area contributed by atoms with Gasteiger partial charge in [-0.1, -0.05) is 24.6 Å². The third-order valence-corrected chi connectivity index (χ3v) is 8.78. The molecule has 40 heavy (non-hydrogen) atoms. The molecule has 0 radical (unpaired) electrons. The van der Waals surface area contributed by atoms with Crippen molar-refractivity contribution in [3.05, 3.63) is 65.8 Å². The van der Waals surface area contributed by atoms with Gasteiger partial charge in [0.25, 0.3) is 0 Å². The zero-order valence-electron chi connectivity index (χ0n) is 23.1. The van der Waals surface area contributed by atoms with Crippen molar-refractivity contribution in [3.8, 4) is 6.01 Å². The summed E-state index contributed by atoms with van der Waals surface area (Å²) in [7, 11) is 2.16. The van der Waals surface area contributed by atoms with E-state index in [9.17, 15) is 4.39 Å². The van der Waals surface area contributed by atoms with Crippen molar-refractivity contribution in [1.82, 2.24) is 29.4 Å². The van der Waals surface area contributed by atoms with Crippen molar-refractivity contribution >= 4 is 22.4 Å². The first-order valence-electron chi connectivity index (χ1n) is 14.3. The van der Waals surface area contributed by atoms with Crippen LogP contribution in [-0.4, -0.2) is 68.2 Å². The molecule has 10 heteroatoms. The highest BCUT2D eigenvalue weighted by atomic mass is 19.1. The summed E-state index contributed by atoms with van der Waals surface area (Å²) in [6.07, 6.45) is 7.78. The second-order valence-corrected chi connectivity index (χ2v) is 11.3. The highest BCUT2D eigenvalue weighted by molar-refractivity contribution is 5.90. The Bertz CT molecular complexity index is 1530. The van der Waals surface area contributed by atoms with Crippen LogP contribution in [0.1, 0.15) is 43.1 Å². The molecule has 0 bridgehead atoms. The van der Waals surface area contributed by atoms with E-state index in [0.717, 1.165) is 59.6 Å². The number of benzene rings is 1. The fourth-order valence-corrected chi connectivity index (χ4v) is 6.45. The minimum absolute atomic E-state index is 0.123. The number of anilines is 2. The number of fused-ring (bicyclic) bond motifs is 3. The molecule has 0 amide bonds. The maximum absolute atomic E-state index is 14.6. The van der Waals surface area contributed by atoms with Gasteiger partial charge in [-0.3, -0.25) is 4.98 Å². The summed E-state index contributed by atoms with van der Waals surface area (Å²) in [6, 6.07) is 11.3. The van der Waals surface area contributed by atoms with Crippen LogP contribution < -0.4 is 14.5 Å². The molecule has 7 rings (SSSR count). The average Bonchev–Trinajstić information content (AvgIpc) is 3.34. The number of pyridine rings is 1. The van der Waals surface area contributed by atoms with Gasteiger partial charge in [-0.15, -0.1) is 0 Å². The Morgan fingerprint density at radius 2 is 1.95 bits per heavy atom. The van der Waals surface area contributed by atoms with Gasteiger partial charge < -0.3 is 24.0 Å². The third kappa shape index (κ3) is 4.54. The van der Waals surface area contributed by atoms with Crippen molar-refractivity contribution in [1.29, 1.82) is 0 Å². The largest absolute Gasteiger partial charge is 0.462 e. The molecule has 0 aliphatic carbocycles. The van der Waals surface area contributed by atoms with Crippen LogP contribution >= 0.6 is 0 Å². The van der Waals surface area contributed by atoms with Gasteiger partial charge in [-0.2, -0.15) is 14.4 Å². The van der Waals surface area contributed by atoms with Crippen molar-refractivity contribution in [2.24, 2.45) is 0 Å². The number of hydrogen-bond acceptors (Lipinski definition) is 8. The van der Waals surface area contributed by atoms with Gasteiger partial charge in [0.15, 0.2) is 0 Å². The van der Waals surface area contributed by atoms with Crippen LogP contribution in [0.3, 0.4) is 0 Å². The maximum atomic E-state index is 14.6. The lowest BCUT2D eigenvalue weighted by atomic mass is 10.0. The monoisotopic (exact) mass is 542 g/mol. The van der Waals surface area contributed by atoms with Crippen LogP contribution in [0.2, 0.25) is 0 Å². The molecule has 6 heterocycles. The molecule has 0 saturated carbocycles. The average molecular weight is 543 g/mol. The molecular formula is C30H35FN8O. The lowest BCUT2D eigenvalue weighted by Crippen LogP contribution is -2.43. The van der Waals surface area contributed by atoms with Crippen LogP contribution in [0.4, 0.5) is 15.9 Å². The minimum Gasteiger partial charge on any atom is -0.462 e. The zero-order valence-corrected chi connectivity index (χ0v) is 23.1. The topological polar surface area (TPSA) is 75.4 Å². The van der Waals surface area contributed by atoms with E-state index >= 15 is 0 Å². The lowest BCUT2D eigenvalue weighted by Gasteiger charge is -2.38. The molecule has 0 spiro atoms. The quantitative estimate of drug-likeness (QED) is 0.372. The second kappa shape index (κ2) is 10.3. The molecular weight excluding hydrogens is 507 g/mol. The van der Waals surface area contributed by atoms with Gasteiger partial charge in [-0.05, 0) is 51.9 Å². The van der Waals surface area contributed by atoms with Gasteiger partial charge in [0, 0.05) is 42.3 Å². The summed E-state index contributed by atoms with van der Waals surface area (Å²) in [5, 5.41) is 1.12. The summed E-state index contributed by atoms with van der Waals surface area (Å²) >= 11 is 0. The number of halogens is 1. The predicted molar refractivity (Wildman–Crippen MR) is 152 cm³/mol. The van der Waals surface area contributed by atoms with Gasteiger partial charge in [0.05, 0.1) is 42.0 Å². The molecule has 3 aromatic heterocycles. The smallest absolute Gasteiger partial charge is 0.318 e. The van der Waals surface area contributed by atoms with Gasteiger partial charge in [0.2, 0.25) is 5.95 Å². The summed E-state index contributed by atoms with van der Waals surface area (Å²) < 4.78 is 22.8. The fourth-order valence-electron chi connectivity index (χ4n) is 6.45. The normalized spacial score (nSPS) is 21.4. The zero-order chi connectivity index (χ0) is 27.2. The van der Waals surface area contributed by atoms with Crippen molar-refractivity contribution in [2.45, 2.75) is 64.3 Å². The third-order valence-electron chi connectivity index (χ3n) is 8.78. The maximum Gasteiger partial charge on any atom is 0.318 e. The summed E-state index contributed by atoms with van der Waals surface area (Å²) in [4.78, 5) is 25.5. The number of rotatable bonds is 5. The van der Waals surface area contributed by atoms with E-state index in [0.29, 0.717) is 44.0 Å². The number of ether oxygens (including phenoxy) is 1. The molecule has 4 aromatic rings. The Kier molecular flexibility index (Phi) is 6.50. The molecule has 3 aliphatic rings. The van der Waals surface area contributed by atoms with Crippen LogP contribution in [0.15, 0.2) is 42.9 Å². The number of likely N-dealkylation sites (N-methyl/N-ethyl adjacent to an activating group) is 1. The molecule has 0 unspecified atom stereocenters. The van der Waals surface area contributed by atoms with Crippen LogP contribution in [-0.2, 0) is 26.1 Å². The number of piperidine rings is 1. The van der Waals surface area contributed by atoms with E-state index in [1.54, 1.807) is 6.33 Å². The Morgan fingerprint density at radius 1 is 1.05 bits per heavy atom. The van der Waals surface area contributed by atoms with Crippen molar-refractivity contribution in [3.63, 3.8) is 0 Å². The molecule has 208 valence electrons. The second-order valence-electron chi connectivity index (χ2n) is 11.3. The minimum atomic E-state index is -0.411. The molecule has 3 aliphatic heterocycles. The summed E-state index contributed by atoms with van der Waals surface area (Å²) in [5.74, 6) is 0.443. The number of hydrogen-bond donors (Lipinski definition) is 0. The van der Waals surface area contributed by atoms with E-state index in [2.05, 4.69) is 62.9 Å². The lowest BCUT2D eigenvalue weighted by molar-refractivity contribution is 0.119. The highest BCUT2D eigenvalue weighted by Gasteiger charge is 2.33. The van der Waals surface area contributed by atoms with Crippen LogP contribution in [0.5, 0.6) is 6.01 Å². The fraction of sp³-hybridized carbons (Fsp3) is 0.467. The predicted octanol–water partition coefficient (Wildman–Crippen LogP) is 4.19. The Hall–Kier alpha value is -3.79. The van der Waals surface area contributed by atoms with Gasteiger partial charge in [0.1, 0.15) is 12.4 Å². The molecule has 9 nitrogen and oxygen atoms in total. The summed E-state index contributed by atoms with van der Waals surface area (Å²) in [5.41, 5.74) is 4.77. The number of para-hydroxylation sites is 1. The summed E-state index contributed by atoms with van der Waals surface area (Å²) in [6.45, 7) is 6.32. The first-order chi connectivity index (χ1) is 19.5. The molecule has 0 N–H and O–H groups in total. The Morgan fingerprint density at radius 3 is 2.85 bits per heavy atom. The van der Waals surface area contributed by atoms with Crippen molar-refractivity contribution in [2.75, 3.05) is 36.5 Å². The standard InChI is InChI=1S/C30H35FN8O/c1-20-15-38-19-33-28(31)26(38)17-39(20)29-23-11-14-37(25-10-5-7-21-8-6-12-32-27(21)25)16-24(23)34-30(35-29)40-18-22-9-3-4-13-36(22)2/h5-8,10,12,19-20,22H,3-4,9,11,13-18H2,1-2H3/t20-,22-/m1/s1. The first kappa shape index (κ1) is 25.2. The van der Waals surface area contributed by atoms with E-state index in [-0.39, 0.29) is 6.04 Å². The van der Waals surface area contributed by atoms with E-state index in [1.807, 2.05) is 16.8 Å². The highest BCUT2D eigenvalue weighted by Crippen LogP contribution is 2.35. The number of likely N-dealkylation sites (tertiary alicyclic amines) is 1. The molecule has 1 saturated heterocycles. The van der Waals surface area contributed by atoms with E-state index in [4.69, 9.17) is 14.7 Å². The van der Waals surface area contributed by atoms with E-state index < -0.39 is 5.95 Å². The number of nitrogens with zero attached hydrogens (tertiary/aromatic N) is 8. The molecule has 2 atom stereocenters. The SMILES string of the molecule is C[C@@H]1Cn2cnc(F)c2CN1c1nc(OC[C@H]2CCCCN2C)nc2c1CCN(c1cccc3cccnc13)C2. The van der Waals surface area contributed by atoms with Gasteiger partial charge >= 0.3 is 6.01 Å². The van der Waals surface area contributed by atoms with E-state index in [1.165, 1.54) is 12.8 Å². The number of imidazole rings is 1. The van der Waals surface area contributed by atoms with Gasteiger partial charge in [-0.25, -0.2) is 4.98 Å². The van der Waals surface area contributed by atoms with Crippen LogP contribution in [0.25, 0.3) is 10.9 Å². The van der Waals surface area contributed by atoms with Crippen molar-refractivity contribution < 1.29 is 9.13 Å². The molecule has 1 aromatic carbocycles. The Labute approximate surface area is 233 Å².